The molecule has 5 amide bonds. The molecule has 0 radical (unpaired) electrons. The SMILES string of the molecule is COc1ccc(/C=C(/NC(=O)c2ccccc2)C(=O)NC(CS)C(=O)N(C(=O)NC2CCCCC2)C2CCCCC2)cc1. The van der Waals surface area contributed by atoms with Crippen LogP contribution in [0.25, 0.3) is 6.08 Å². The van der Waals surface area contributed by atoms with Gasteiger partial charge in [0.1, 0.15) is 17.5 Å². The zero-order valence-electron chi connectivity index (χ0n) is 24.7. The Morgan fingerprint density at radius 1 is 0.907 bits per heavy atom. The van der Waals surface area contributed by atoms with Gasteiger partial charge in [0.25, 0.3) is 17.7 Å². The third kappa shape index (κ3) is 9.10. The number of nitrogens with zero attached hydrogens (tertiary/aromatic N) is 1. The van der Waals surface area contributed by atoms with Crippen LogP contribution in [0.3, 0.4) is 0 Å². The number of carbonyl (C=O) groups excluding carboxylic acids is 4. The Morgan fingerprint density at radius 2 is 1.53 bits per heavy atom. The van der Waals surface area contributed by atoms with Crippen molar-refractivity contribution in [3.8, 4) is 5.75 Å². The van der Waals surface area contributed by atoms with E-state index in [0.717, 1.165) is 64.2 Å². The Labute approximate surface area is 259 Å². The Hall–Kier alpha value is -3.79. The molecule has 9 nitrogen and oxygen atoms in total. The summed E-state index contributed by atoms with van der Waals surface area (Å²) in [4.78, 5) is 55.6. The van der Waals surface area contributed by atoms with Gasteiger partial charge in [0, 0.05) is 23.4 Å². The second-order valence-electron chi connectivity index (χ2n) is 11.1. The van der Waals surface area contributed by atoms with Gasteiger partial charge in [0.05, 0.1) is 7.11 Å². The molecule has 0 bridgehead atoms. The van der Waals surface area contributed by atoms with Crippen molar-refractivity contribution in [1.82, 2.24) is 20.9 Å². The normalized spacial score (nSPS) is 16.9. The molecule has 2 aliphatic carbocycles. The lowest BCUT2D eigenvalue weighted by Crippen LogP contribution is -2.59. The van der Waals surface area contributed by atoms with Gasteiger partial charge in [-0.1, -0.05) is 68.9 Å². The van der Waals surface area contributed by atoms with E-state index in [2.05, 4.69) is 28.6 Å². The topological polar surface area (TPSA) is 117 Å². The number of methoxy groups -OCH3 is 1. The van der Waals surface area contributed by atoms with Gasteiger partial charge in [0.15, 0.2) is 0 Å². The summed E-state index contributed by atoms with van der Waals surface area (Å²) in [5.74, 6) is -1.01. The molecule has 1 unspecified atom stereocenters. The van der Waals surface area contributed by atoms with Crippen molar-refractivity contribution in [3.63, 3.8) is 0 Å². The maximum absolute atomic E-state index is 14.0. The van der Waals surface area contributed by atoms with Crippen LogP contribution in [-0.4, -0.2) is 59.6 Å². The highest BCUT2D eigenvalue weighted by Gasteiger charge is 2.36. The van der Waals surface area contributed by atoms with Crippen LogP contribution in [0.1, 0.15) is 80.1 Å². The summed E-state index contributed by atoms with van der Waals surface area (Å²) in [6.07, 6.45) is 11.0. The number of benzene rings is 2. The minimum absolute atomic E-state index is 0.0209. The molecule has 230 valence electrons. The van der Waals surface area contributed by atoms with E-state index in [4.69, 9.17) is 4.74 Å². The first-order valence-electron chi connectivity index (χ1n) is 15.2. The number of thiol groups is 1. The number of imide groups is 1. The first-order chi connectivity index (χ1) is 20.9. The second kappa shape index (κ2) is 16.2. The van der Waals surface area contributed by atoms with Crippen LogP contribution >= 0.6 is 12.6 Å². The number of carbonyl (C=O) groups is 4. The quantitative estimate of drug-likeness (QED) is 0.222. The molecule has 2 aromatic carbocycles. The van der Waals surface area contributed by atoms with Gasteiger partial charge in [0.2, 0.25) is 0 Å². The highest BCUT2D eigenvalue weighted by molar-refractivity contribution is 7.80. The van der Waals surface area contributed by atoms with E-state index in [1.165, 1.54) is 11.0 Å². The summed E-state index contributed by atoms with van der Waals surface area (Å²) in [5.41, 5.74) is 0.971. The zero-order chi connectivity index (χ0) is 30.6. The first-order valence-corrected chi connectivity index (χ1v) is 15.8. The van der Waals surface area contributed by atoms with E-state index in [1.54, 1.807) is 61.7 Å². The summed E-state index contributed by atoms with van der Waals surface area (Å²) < 4.78 is 5.22. The van der Waals surface area contributed by atoms with Gasteiger partial charge >= 0.3 is 6.03 Å². The minimum atomic E-state index is -1.08. The molecular weight excluding hydrogens is 564 g/mol. The van der Waals surface area contributed by atoms with E-state index < -0.39 is 29.8 Å². The highest BCUT2D eigenvalue weighted by atomic mass is 32.1. The third-order valence-electron chi connectivity index (χ3n) is 8.07. The fourth-order valence-electron chi connectivity index (χ4n) is 5.67. The van der Waals surface area contributed by atoms with Crippen LogP contribution in [-0.2, 0) is 9.59 Å². The highest BCUT2D eigenvalue weighted by Crippen LogP contribution is 2.25. The Morgan fingerprint density at radius 3 is 2.14 bits per heavy atom. The van der Waals surface area contributed by atoms with Crippen LogP contribution in [0.15, 0.2) is 60.3 Å². The minimum Gasteiger partial charge on any atom is -0.497 e. The van der Waals surface area contributed by atoms with Crippen molar-refractivity contribution in [2.45, 2.75) is 82.3 Å². The summed E-state index contributed by atoms with van der Waals surface area (Å²) in [6, 6.07) is 13.8. The van der Waals surface area contributed by atoms with Crippen LogP contribution in [0.2, 0.25) is 0 Å². The Balaban J connectivity index is 1.56. The molecule has 3 N–H and O–H groups in total. The lowest BCUT2D eigenvalue weighted by atomic mass is 9.93. The maximum atomic E-state index is 14.0. The van der Waals surface area contributed by atoms with Gasteiger partial charge in [-0.3, -0.25) is 19.3 Å². The summed E-state index contributed by atoms with van der Waals surface area (Å²) in [7, 11) is 1.56. The lowest BCUT2D eigenvalue weighted by Gasteiger charge is -2.36. The fourth-order valence-corrected chi connectivity index (χ4v) is 5.92. The van der Waals surface area contributed by atoms with Crippen molar-refractivity contribution in [1.29, 1.82) is 0 Å². The monoisotopic (exact) mass is 606 g/mol. The van der Waals surface area contributed by atoms with Crippen molar-refractivity contribution in [3.05, 3.63) is 71.4 Å². The molecule has 0 heterocycles. The van der Waals surface area contributed by atoms with Crippen LogP contribution in [0.4, 0.5) is 4.79 Å². The summed E-state index contributed by atoms with van der Waals surface area (Å²) in [5, 5.41) is 8.54. The van der Waals surface area contributed by atoms with Gasteiger partial charge in [-0.2, -0.15) is 12.6 Å². The lowest BCUT2D eigenvalue weighted by molar-refractivity contribution is -0.134. The molecule has 2 fully saturated rings. The van der Waals surface area contributed by atoms with Crippen LogP contribution < -0.4 is 20.7 Å². The number of amides is 5. The standard InChI is InChI=1S/C33H42N4O5S/c1-42-27-19-17-23(18-20-27)21-28(35-30(38)24-11-5-2-6-12-24)31(39)36-29(22-43)32(40)37(26-15-9-4-10-16-26)33(41)34-25-13-7-3-8-14-25/h2,5-6,11-12,17-21,25-26,29,43H,3-4,7-10,13-16,22H2,1H3,(H,34,41)(H,35,38)(H,36,39)/b28-21+. The van der Waals surface area contributed by atoms with Crippen LogP contribution in [0.5, 0.6) is 5.75 Å². The number of nitrogens with one attached hydrogen (secondary N) is 3. The van der Waals surface area contributed by atoms with Gasteiger partial charge in [-0.05, 0) is 61.6 Å². The maximum Gasteiger partial charge on any atom is 0.324 e. The smallest absolute Gasteiger partial charge is 0.324 e. The van der Waals surface area contributed by atoms with E-state index in [0.29, 0.717) is 16.9 Å². The zero-order valence-corrected chi connectivity index (χ0v) is 25.6. The Bertz CT molecular complexity index is 1270. The number of urea groups is 1. The van der Waals surface area contributed by atoms with E-state index in [9.17, 15) is 19.2 Å². The van der Waals surface area contributed by atoms with Gasteiger partial charge in [-0.25, -0.2) is 4.79 Å². The van der Waals surface area contributed by atoms with Crippen molar-refractivity contribution < 1.29 is 23.9 Å². The molecule has 2 saturated carbocycles. The van der Waals surface area contributed by atoms with Crippen molar-refractivity contribution in [2.24, 2.45) is 0 Å². The molecule has 43 heavy (non-hydrogen) atoms. The third-order valence-corrected chi connectivity index (χ3v) is 8.44. The number of hydrogen-bond donors (Lipinski definition) is 4. The molecule has 2 aliphatic rings. The largest absolute Gasteiger partial charge is 0.497 e. The first kappa shape index (κ1) is 32.1. The van der Waals surface area contributed by atoms with E-state index in [-0.39, 0.29) is 23.5 Å². The molecule has 0 aliphatic heterocycles. The van der Waals surface area contributed by atoms with Crippen molar-refractivity contribution in [2.75, 3.05) is 12.9 Å². The predicted octanol–water partition coefficient (Wildman–Crippen LogP) is 5.08. The molecule has 0 saturated heterocycles. The molecule has 0 aromatic heterocycles. The number of ether oxygens (including phenoxy) is 1. The summed E-state index contributed by atoms with van der Waals surface area (Å²) >= 11 is 4.39. The average Bonchev–Trinajstić information content (AvgIpc) is 3.05. The predicted molar refractivity (Wildman–Crippen MR) is 170 cm³/mol. The molecule has 0 spiro atoms. The Kier molecular flexibility index (Phi) is 12.1. The number of hydrogen-bond acceptors (Lipinski definition) is 6. The van der Waals surface area contributed by atoms with Gasteiger partial charge in [-0.15, -0.1) is 0 Å². The average molecular weight is 607 g/mol. The summed E-state index contributed by atoms with van der Waals surface area (Å²) in [6.45, 7) is 0. The van der Waals surface area contributed by atoms with Crippen molar-refractivity contribution >= 4 is 42.5 Å². The molecule has 1 atom stereocenters. The van der Waals surface area contributed by atoms with E-state index in [1.807, 2.05) is 0 Å². The van der Waals surface area contributed by atoms with E-state index >= 15 is 0 Å². The molecule has 4 rings (SSSR count). The fraction of sp³-hybridized carbons (Fsp3) is 0.455. The van der Waals surface area contributed by atoms with Crippen LogP contribution in [0, 0.1) is 0 Å². The van der Waals surface area contributed by atoms with Gasteiger partial charge < -0.3 is 20.7 Å². The molecule has 10 heteroatoms. The number of rotatable bonds is 10. The molecule has 2 aromatic rings. The second-order valence-corrected chi connectivity index (χ2v) is 11.5. The molecular formula is C33H42N4O5S.